The van der Waals surface area contributed by atoms with Crippen molar-refractivity contribution in [3.8, 4) is 0 Å². The zero-order valence-electron chi connectivity index (χ0n) is 13.2. The number of hydrogen-bond acceptors (Lipinski definition) is 2. The zero-order chi connectivity index (χ0) is 16.6. The number of amides is 1. The number of fused-ring (bicyclic) bond motifs is 1. The summed E-state index contributed by atoms with van der Waals surface area (Å²) in [6.07, 6.45) is 0.905. The second-order valence-corrected chi connectivity index (χ2v) is 5.89. The predicted octanol–water partition coefficient (Wildman–Crippen LogP) is 3.60. The lowest BCUT2D eigenvalue weighted by atomic mass is 10.0. The summed E-state index contributed by atoms with van der Waals surface area (Å²) < 4.78 is 0. The Hall–Kier alpha value is -2.62. The van der Waals surface area contributed by atoms with Crippen LogP contribution in [0.2, 0.25) is 0 Å². The van der Waals surface area contributed by atoms with Gasteiger partial charge in [0.1, 0.15) is 0 Å². The van der Waals surface area contributed by atoms with E-state index in [2.05, 4.69) is 13.0 Å². The number of carboxylic acids is 1. The summed E-state index contributed by atoms with van der Waals surface area (Å²) in [4.78, 5) is 25.4. The second kappa shape index (κ2) is 5.88. The summed E-state index contributed by atoms with van der Waals surface area (Å²) in [5.41, 5.74) is 4.50. The summed E-state index contributed by atoms with van der Waals surface area (Å²) in [6.45, 7) is 4.29. The zero-order valence-corrected chi connectivity index (χ0v) is 13.2. The third kappa shape index (κ3) is 2.72. The first-order chi connectivity index (χ1) is 11.0. The molecule has 4 heteroatoms. The van der Waals surface area contributed by atoms with Gasteiger partial charge in [0.05, 0.1) is 12.5 Å². The number of benzene rings is 2. The molecule has 0 saturated heterocycles. The average molecular weight is 309 g/mol. The van der Waals surface area contributed by atoms with Gasteiger partial charge in [0.25, 0.3) is 5.91 Å². The maximum absolute atomic E-state index is 12.6. The standard InChI is InChI=1S/C19H19NO3/c1-3-13-4-5-15-11-20(18(21)17(15)10-13)16-8-6-14(7-9-16)12(2)19(22)23/h4-10,12H,3,11H2,1-2H3,(H,22,23). The molecule has 0 saturated carbocycles. The molecule has 1 amide bonds. The van der Waals surface area contributed by atoms with E-state index in [-0.39, 0.29) is 5.91 Å². The molecule has 0 bridgehead atoms. The SMILES string of the molecule is CCc1ccc2c(c1)C(=O)N(c1ccc(C(C)C(=O)O)cc1)C2. The molecule has 1 aliphatic heterocycles. The van der Waals surface area contributed by atoms with Gasteiger partial charge in [-0.1, -0.05) is 31.2 Å². The molecule has 0 aromatic heterocycles. The van der Waals surface area contributed by atoms with Gasteiger partial charge in [-0.2, -0.15) is 0 Å². The first-order valence-electron chi connectivity index (χ1n) is 7.77. The molecule has 3 rings (SSSR count). The predicted molar refractivity (Wildman–Crippen MR) is 88.8 cm³/mol. The van der Waals surface area contributed by atoms with Crippen LogP contribution in [0.5, 0.6) is 0 Å². The van der Waals surface area contributed by atoms with Crippen molar-refractivity contribution in [1.29, 1.82) is 0 Å². The number of anilines is 1. The fraction of sp³-hybridized carbons (Fsp3) is 0.263. The van der Waals surface area contributed by atoms with Gasteiger partial charge in [0, 0.05) is 11.3 Å². The Morgan fingerprint density at radius 3 is 2.52 bits per heavy atom. The summed E-state index contributed by atoms with van der Waals surface area (Å²) in [5.74, 6) is -1.40. The topological polar surface area (TPSA) is 57.6 Å². The minimum absolute atomic E-state index is 0.00864. The quantitative estimate of drug-likeness (QED) is 0.939. The number of carboxylic acid groups (broad SMARTS) is 1. The fourth-order valence-corrected chi connectivity index (χ4v) is 2.86. The first kappa shape index (κ1) is 15.3. The van der Waals surface area contributed by atoms with E-state index in [1.165, 1.54) is 0 Å². The van der Waals surface area contributed by atoms with Crippen molar-refractivity contribution in [3.05, 3.63) is 64.7 Å². The molecule has 1 N–H and O–H groups in total. The molecule has 1 heterocycles. The Morgan fingerprint density at radius 2 is 1.91 bits per heavy atom. The molecular weight excluding hydrogens is 290 g/mol. The minimum Gasteiger partial charge on any atom is -0.481 e. The van der Waals surface area contributed by atoms with Crippen LogP contribution in [0.15, 0.2) is 42.5 Å². The van der Waals surface area contributed by atoms with Crippen LogP contribution in [-0.2, 0) is 17.8 Å². The van der Waals surface area contributed by atoms with Crippen molar-refractivity contribution >= 4 is 17.6 Å². The molecular formula is C19H19NO3. The minimum atomic E-state index is -0.852. The van der Waals surface area contributed by atoms with Crippen LogP contribution in [0.4, 0.5) is 5.69 Å². The van der Waals surface area contributed by atoms with Crippen molar-refractivity contribution < 1.29 is 14.7 Å². The molecule has 0 aliphatic carbocycles. The molecule has 0 radical (unpaired) electrons. The normalized spacial score (nSPS) is 14.7. The van der Waals surface area contributed by atoms with E-state index >= 15 is 0 Å². The summed E-state index contributed by atoms with van der Waals surface area (Å²) in [5, 5.41) is 9.06. The first-order valence-corrected chi connectivity index (χ1v) is 7.77. The highest BCUT2D eigenvalue weighted by Gasteiger charge is 2.28. The van der Waals surface area contributed by atoms with E-state index in [1.54, 1.807) is 24.0 Å². The number of rotatable bonds is 4. The summed E-state index contributed by atoms with van der Waals surface area (Å²) in [7, 11) is 0. The molecule has 0 spiro atoms. The van der Waals surface area contributed by atoms with Crippen molar-refractivity contribution in [2.24, 2.45) is 0 Å². The van der Waals surface area contributed by atoms with Gasteiger partial charge in [0.15, 0.2) is 0 Å². The van der Waals surface area contributed by atoms with Crippen LogP contribution < -0.4 is 4.90 Å². The van der Waals surface area contributed by atoms with Crippen LogP contribution in [0, 0.1) is 0 Å². The van der Waals surface area contributed by atoms with E-state index < -0.39 is 11.9 Å². The largest absolute Gasteiger partial charge is 0.481 e. The summed E-state index contributed by atoms with van der Waals surface area (Å²) in [6, 6.07) is 13.3. The van der Waals surface area contributed by atoms with Gasteiger partial charge in [-0.25, -0.2) is 0 Å². The molecule has 0 fully saturated rings. The number of aryl methyl sites for hydroxylation is 1. The monoisotopic (exact) mass is 309 g/mol. The van der Waals surface area contributed by atoms with Gasteiger partial charge in [0.2, 0.25) is 0 Å². The maximum Gasteiger partial charge on any atom is 0.310 e. The van der Waals surface area contributed by atoms with Crippen molar-refractivity contribution in [1.82, 2.24) is 0 Å². The van der Waals surface area contributed by atoms with Crippen LogP contribution in [0.3, 0.4) is 0 Å². The maximum atomic E-state index is 12.6. The van der Waals surface area contributed by atoms with Gasteiger partial charge >= 0.3 is 5.97 Å². The molecule has 4 nitrogen and oxygen atoms in total. The van der Waals surface area contributed by atoms with E-state index in [0.717, 1.165) is 34.4 Å². The lowest BCUT2D eigenvalue weighted by Gasteiger charge is -2.16. The molecule has 1 unspecified atom stereocenters. The number of carbonyl (C=O) groups excluding carboxylic acids is 1. The Bertz CT molecular complexity index is 765. The third-order valence-corrected chi connectivity index (χ3v) is 4.46. The van der Waals surface area contributed by atoms with Crippen molar-refractivity contribution in [2.45, 2.75) is 32.7 Å². The third-order valence-electron chi connectivity index (χ3n) is 4.46. The lowest BCUT2D eigenvalue weighted by molar-refractivity contribution is -0.138. The van der Waals surface area contributed by atoms with Gasteiger partial charge < -0.3 is 10.0 Å². The van der Waals surface area contributed by atoms with Crippen LogP contribution in [-0.4, -0.2) is 17.0 Å². The van der Waals surface area contributed by atoms with Gasteiger partial charge in [-0.15, -0.1) is 0 Å². The molecule has 118 valence electrons. The van der Waals surface area contributed by atoms with Crippen molar-refractivity contribution in [3.63, 3.8) is 0 Å². The van der Waals surface area contributed by atoms with E-state index in [9.17, 15) is 9.59 Å². The van der Waals surface area contributed by atoms with E-state index in [1.807, 2.05) is 24.3 Å². The van der Waals surface area contributed by atoms with Gasteiger partial charge in [-0.05, 0) is 48.2 Å². The second-order valence-electron chi connectivity index (χ2n) is 5.89. The Kier molecular flexibility index (Phi) is 3.90. The molecule has 2 aromatic carbocycles. The fourth-order valence-electron chi connectivity index (χ4n) is 2.86. The van der Waals surface area contributed by atoms with E-state index in [0.29, 0.717) is 6.54 Å². The smallest absolute Gasteiger partial charge is 0.310 e. The Balaban J connectivity index is 1.86. The Labute approximate surface area is 135 Å². The Morgan fingerprint density at radius 1 is 1.22 bits per heavy atom. The molecule has 1 aliphatic rings. The van der Waals surface area contributed by atoms with Gasteiger partial charge in [-0.3, -0.25) is 9.59 Å². The molecule has 2 aromatic rings. The molecule has 1 atom stereocenters. The highest BCUT2D eigenvalue weighted by molar-refractivity contribution is 6.10. The van der Waals surface area contributed by atoms with Crippen LogP contribution in [0.25, 0.3) is 0 Å². The highest BCUT2D eigenvalue weighted by atomic mass is 16.4. The van der Waals surface area contributed by atoms with Crippen molar-refractivity contribution in [2.75, 3.05) is 4.90 Å². The summed E-state index contributed by atoms with van der Waals surface area (Å²) >= 11 is 0. The lowest BCUT2D eigenvalue weighted by Crippen LogP contribution is -2.23. The van der Waals surface area contributed by atoms with Crippen LogP contribution >= 0.6 is 0 Å². The van der Waals surface area contributed by atoms with Crippen LogP contribution in [0.1, 0.15) is 46.8 Å². The van der Waals surface area contributed by atoms with E-state index in [4.69, 9.17) is 5.11 Å². The number of aliphatic carboxylic acids is 1. The number of carbonyl (C=O) groups is 2. The highest BCUT2D eigenvalue weighted by Crippen LogP contribution is 2.30. The average Bonchev–Trinajstić information content (AvgIpc) is 2.90. The number of hydrogen-bond donors (Lipinski definition) is 1. The molecule has 23 heavy (non-hydrogen) atoms. The number of nitrogens with zero attached hydrogens (tertiary/aromatic N) is 1.